The highest BCUT2D eigenvalue weighted by Crippen LogP contribution is 2.46. The van der Waals surface area contributed by atoms with Gasteiger partial charge < -0.3 is 15.8 Å². The van der Waals surface area contributed by atoms with Gasteiger partial charge in [-0.1, -0.05) is 24.4 Å². The van der Waals surface area contributed by atoms with Gasteiger partial charge in [0, 0.05) is 12.6 Å². The van der Waals surface area contributed by atoms with Gasteiger partial charge in [-0.15, -0.1) is 0 Å². The number of fused-ring (bicyclic) bond motifs is 1. The summed E-state index contributed by atoms with van der Waals surface area (Å²) in [6.07, 6.45) is 8.49. The normalized spacial score (nSPS) is 33.7. The molecule has 2 saturated carbocycles. The molecular formula is C14H23N3O2. The van der Waals surface area contributed by atoms with Gasteiger partial charge in [-0.05, 0) is 38.0 Å². The molecule has 1 saturated heterocycles. The Labute approximate surface area is 113 Å². The number of amidine groups is 1. The molecule has 3 aliphatic rings. The van der Waals surface area contributed by atoms with Gasteiger partial charge in [0.2, 0.25) is 5.91 Å². The third-order valence-corrected chi connectivity index (χ3v) is 5.49. The van der Waals surface area contributed by atoms with E-state index < -0.39 is 5.41 Å². The van der Waals surface area contributed by atoms with Crippen LogP contribution in [0.4, 0.5) is 0 Å². The van der Waals surface area contributed by atoms with Crippen molar-refractivity contribution in [2.24, 2.45) is 22.2 Å². The van der Waals surface area contributed by atoms with Crippen LogP contribution >= 0.6 is 0 Å². The van der Waals surface area contributed by atoms with E-state index in [2.05, 4.69) is 5.16 Å². The molecular weight excluding hydrogens is 242 g/mol. The number of carbonyl (C=O) groups is 1. The van der Waals surface area contributed by atoms with Crippen molar-refractivity contribution in [1.29, 1.82) is 0 Å². The molecule has 0 aromatic rings. The molecule has 5 nitrogen and oxygen atoms in total. The second-order valence-corrected chi connectivity index (χ2v) is 6.32. The van der Waals surface area contributed by atoms with Crippen molar-refractivity contribution in [2.45, 2.75) is 57.4 Å². The fraction of sp³-hybridized carbons (Fsp3) is 0.857. The first-order valence-electron chi connectivity index (χ1n) is 7.48. The summed E-state index contributed by atoms with van der Waals surface area (Å²) in [7, 11) is 0. The van der Waals surface area contributed by atoms with Crippen molar-refractivity contribution in [1.82, 2.24) is 4.90 Å². The van der Waals surface area contributed by atoms with Gasteiger partial charge in [-0.3, -0.25) is 4.79 Å². The van der Waals surface area contributed by atoms with Crippen LogP contribution in [0, 0.1) is 11.3 Å². The van der Waals surface area contributed by atoms with E-state index in [0.717, 1.165) is 38.6 Å². The van der Waals surface area contributed by atoms with Crippen LogP contribution in [0.1, 0.15) is 51.4 Å². The first-order chi connectivity index (χ1) is 9.19. The fourth-order valence-corrected chi connectivity index (χ4v) is 4.14. The molecule has 19 heavy (non-hydrogen) atoms. The monoisotopic (exact) mass is 265 g/mol. The Balaban J connectivity index is 1.80. The Kier molecular flexibility index (Phi) is 3.15. The summed E-state index contributed by atoms with van der Waals surface area (Å²) in [5, 5.41) is 12.1. The van der Waals surface area contributed by atoms with Crippen LogP contribution in [0.15, 0.2) is 5.16 Å². The van der Waals surface area contributed by atoms with Crippen molar-refractivity contribution >= 4 is 11.7 Å². The van der Waals surface area contributed by atoms with Crippen LogP contribution in [-0.4, -0.2) is 34.4 Å². The minimum absolute atomic E-state index is 0.114. The van der Waals surface area contributed by atoms with Crippen molar-refractivity contribution in [2.75, 3.05) is 6.54 Å². The van der Waals surface area contributed by atoms with E-state index in [-0.39, 0.29) is 11.7 Å². The molecule has 5 heteroatoms. The highest BCUT2D eigenvalue weighted by atomic mass is 16.4. The molecule has 1 amide bonds. The summed E-state index contributed by atoms with van der Waals surface area (Å²) in [6, 6.07) is 0.408. The lowest BCUT2D eigenvalue weighted by Gasteiger charge is -2.43. The Bertz CT molecular complexity index is 403. The Morgan fingerprint density at radius 3 is 2.58 bits per heavy atom. The molecule has 2 aliphatic carbocycles. The number of nitrogens with zero attached hydrogens (tertiary/aromatic N) is 2. The van der Waals surface area contributed by atoms with Crippen LogP contribution in [0.2, 0.25) is 0 Å². The molecule has 3 N–H and O–H groups in total. The zero-order chi connectivity index (χ0) is 13.5. The number of hydrogen-bond donors (Lipinski definition) is 2. The quantitative estimate of drug-likeness (QED) is 0.345. The Morgan fingerprint density at radius 1 is 1.21 bits per heavy atom. The maximum atomic E-state index is 12.9. The first-order valence-corrected chi connectivity index (χ1v) is 7.48. The second kappa shape index (κ2) is 4.69. The molecule has 1 heterocycles. The first kappa shape index (κ1) is 12.8. The van der Waals surface area contributed by atoms with Gasteiger partial charge in [0.1, 0.15) is 5.41 Å². The largest absolute Gasteiger partial charge is 0.409 e. The molecule has 0 aromatic carbocycles. The van der Waals surface area contributed by atoms with Gasteiger partial charge in [-0.2, -0.15) is 0 Å². The lowest BCUT2D eigenvalue weighted by atomic mass is 9.66. The minimum atomic E-state index is -0.693. The lowest BCUT2D eigenvalue weighted by Crippen LogP contribution is -2.56. The molecule has 106 valence electrons. The topological polar surface area (TPSA) is 78.9 Å². The van der Waals surface area contributed by atoms with E-state index in [4.69, 9.17) is 10.9 Å². The van der Waals surface area contributed by atoms with Gasteiger partial charge in [-0.25, -0.2) is 0 Å². The molecule has 0 radical (unpaired) electrons. The fourth-order valence-electron chi connectivity index (χ4n) is 4.14. The van der Waals surface area contributed by atoms with E-state index in [9.17, 15) is 4.79 Å². The predicted octanol–water partition coefficient (Wildman–Crippen LogP) is 1.69. The molecule has 0 spiro atoms. The maximum Gasteiger partial charge on any atom is 0.236 e. The van der Waals surface area contributed by atoms with Crippen molar-refractivity contribution in [3.8, 4) is 0 Å². The van der Waals surface area contributed by atoms with Crippen molar-refractivity contribution in [3.05, 3.63) is 0 Å². The van der Waals surface area contributed by atoms with E-state index in [1.54, 1.807) is 0 Å². The second-order valence-electron chi connectivity index (χ2n) is 6.32. The summed E-state index contributed by atoms with van der Waals surface area (Å²) in [5.41, 5.74) is 5.11. The zero-order valence-electron chi connectivity index (χ0n) is 11.3. The van der Waals surface area contributed by atoms with E-state index >= 15 is 0 Å². The molecule has 2 unspecified atom stereocenters. The Hall–Kier alpha value is -1.26. The molecule has 0 bridgehead atoms. The smallest absolute Gasteiger partial charge is 0.236 e. The number of nitrogens with two attached hydrogens (primary N) is 1. The number of oxime groups is 1. The minimum Gasteiger partial charge on any atom is -0.409 e. The van der Waals surface area contributed by atoms with Crippen LogP contribution in [0.3, 0.4) is 0 Å². The summed E-state index contributed by atoms with van der Waals surface area (Å²) in [5.74, 6) is 0.911. The SMILES string of the molecule is NC(=NO)C1(C(=O)N2CCC3CCCCC32)CCC1. The molecule has 3 rings (SSSR count). The average Bonchev–Trinajstić information content (AvgIpc) is 2.80. The van der Waals surface area contributed by atoms with E-state index in [1.807, 2.05) is 4.90 Å². The summed E-state index contributed by atoms with van der Waals surface area (Å²) in [4.78, 5) is 14.9. The van der Waals surface area contributed by atoms with Gasteiger partial charge >= 0.3 is 0 Å². The maximum absolute atomic E-state index is 12.9. The summed E-state index contributed by atoms with van der Waals surface area (Å²) < 4.78 is 0. The molecule has 3 fully saturated rings. The van der Waals surface area contributed by atoms with Crippen molar-refractivity contribution in [3.63, 3.8) is 0 Å². The van der Waals surface area contributed by atoms with E-state index in [1.165, 1.54) is 19.3 Å². The van der Waals surface area contributed by atoms with Crippen LogP contribution in [-0.2, 0) is 4.79 Å². The van der Waals surface area contributed by atoms with Crippen LogP contribution in [0.25, 0.3) is 0 Å². The van der Waals surface area contributed by atoms with Crippen LogP contribution in [0.5, 0.6) is 0 Å². The highest BCUT2D eigenvalue weighted by Gasteiger charge is 2.53. The average molecular weight is 265 g/mol. The van der Waals surface area contributed by atoms with Gasteiger partial charge in [0.05, 0.1) is 0 Å². The number of hydrogen-bond acceptors (Lipinski definition) is 3. The van der Waals surface area contributed by atoms with Gasteiger partial charge in [0.15, 0.2) is 5.84 Å². The molecule has 0 aromatic heterocycles. The van der Waals surface area contributed by atoms with Crippen molar-refractivity contribution < 1.29 is 10.0 Å². The molecule has 2 atom stereocenters. The Morgan fingerprint density at radius 2 is 1.95 bits per heavy atom. The van der Waals surface area contributed by atoms with Gasteiger partial charge in [0.25, 0.3) is 0 Å². The predicted molar refractivity (Wildman–Crippen MR) is 71.8 cm³/mol. The number of amides is 1. The zero-order valence-corrected chi connectivity index (χ0v) is 11.3. The number of rotatable bonds is 2. The highest BCUT2D eigenvalue weighted by molar-refractivity contribution is 6.07. The number of likely N-dealkylation sites (tertiary alicyclic amines) is 1. The summed E-state index contributed by atoms with van der Waals surface area (Å²) in [6.45, 7) is 0.856. The van der Waals surface area contributed by atoms with E-state index in [0.29, 0.717) is 12.0 Å². The lowest BCUT2D eigenvalue weighted by molar-refractivity contribution is -0.143. The number of carbonyl (C=O) groups excluding carboxylic acids is 1. The summed E-state index contributed by atoms with van der Waals surface area (Å²) >= 11 is 0. The standard InChI is InChI=1S/C14H23N3O2/c15-12(16-19)14(7-3-8-14)13(18)17-9-6-10-4-1-2-5-11(10)17/h10-11,19H,1-9H2,(H2,15,16). The molecule has 1 aliphatic heterocycles. The van der Waals surface area contributed by atoms with Crippen LogP contribution < -0.4 is 5.73 Å². The third-order valence-electron chi connectivity index (χ3n) is 5.49. The third kappa shape index (κ3) is 1.82.